The highest BCUT2D eigenvalue weighted by Gasteiger charge is 2.42. The van der Waals surface area contributed by atoms with E-state index in [4.69, 9.17) is 0 Å². The minimum Gasteiger partial charge on any atom is -0.347 e. The SMILES string of the molecule is CC(C)CNCc1csc(N2CCCC(C(F)(F)F)C2)n1. The normalized spacial score (nSPS) is 20.3. The second-order valence-electron chi connectivity index (χ2n) is 5.97. The fourth-order valence-corrected chi connectivity index (χ4v) is 3.29. The van der Waals surface area contributed by atoms with E-state index in [2.05, 4.69) is 24.1 Å². The second kappa shape index (κ2) is 6.96. The fourth-order valence-electron chi connectivity index (χ4n) is 2.43. The summed E-state index contributed by atoms with van der Waals surface area (Å²) in [5, 5.41) is 5.94. The zero-order chi connectivity index (χ0) is 15.5. The molecule has 1 aliphatic rings. The summed E-state index contributed by atoms with van der Waals surface area (Å²) in [6.45, 7) is 6.54. The molecule has 0 amide bonds. The van der Waals surface area contributed by atoms with Crippen LogP contribution in [0.3, 0.4) is 0 Å². The standard InChI is InChI=1S/C14H22F3N3S/c1-10(2)6-18-7-12-9-21-13(19-12)20-5-3-4-11(8-20)14(15,16)17/h9-11,18H,3-8H2,1-2H3. The molecule has 1 atom stereocenters. The molecule has 2 heterocycles. The number of anilines is 1. The fraction of sp³-hybridized carbons (Fsp3) is 0.786. The number of halogens is 3. The lowest BCUT2D eigenvalue weighted by atomic mass is 9.98. The highest BCUT2D eigenvalue weighted by Crippen LogP contribution is 2.35. The molecule has 1 unspecified atom stereocenters. The summed E-state index contributed by atoms with van der Waals surface area (Å²) in [5.74, 6) is -0.657. The van der Waals surface area contributed by atoms with Crippen LogP contribution in [-0.4, -0.2) is 30.8 Å². The van der Waals surface area contributed by atoms with Crippen LogP contribution in [0.25, 0.3) is 0 Å². The van der Waals surface area contributed by atoms with Crippen molar-refractivity contribution >= 4 is 16.5 Å². The van der Waals surface area contributed by atoms with Crippen LogP contribution in [0.15, 0.2) is 5.38 Å². The number of hydrogen-bond acceptors (Lipinski definition) is 4. The summed E-state index contributed by atoms with van der Waals surface area (Å²) in [4.78, 5) is 6.24. The number of hydrogen-bond donors (Lipinski definition) is 1. The molecule has 1 saturated heterocycles. The summed E-state index contributed by atoms with van der Waals surface area (Å²) in [6, 6.07) is 0. The molecule has 1 aromatic heterocycles. The molecule has 7 heteroatoms. The molecule has 0 spiro atoms. The summed E-state index contributed by atoms with van der Waals surface area (Å²) in [5.41, 5.74) is 0.907. The van der Waals surface area contributed by atoms with Crippen LogP contribution in [0, 0.1) is 11.8 Å². The van der Waals surface area contributed by atoms with Gasteiger partial charge in [0.1, 0.15) is 0 Å². The topological polar surface area (TPSA) is 28.2 Å². The van der Waals surface area contributed by atoms with E-state index in [0.29, 0.717) is 30.6 Å². The Bertz CT molecular complexity index is 445. The highest BCUT2D eigenvalue weighted by molar-refractivity contribution is 7.13. The molecule has 0 bridgehead atoms. The van der Waals surface area contributed by atoms with E-state index < -0.39 is 12.1 Å². The van der Waals surface area contributed by atoms with Gasteiger partial charge in [0.15, 0.2) is 5.13 Å². The van der Waals surface area contributed by atoms with Crippen LogP contribution in [0.1, 0.15) is 32.4 Å². The van der Waals surface area contributed by atoms with Gasteiger partial charge in [0.25, 0.3) is 0 Å². The largest absolute Gasteiger partial charge is 0.393 e. The van der Waals surface area contributed by atoms with Gasteiger partial charge in [-0.05, 0) is 25.3 Å². The van der Waals surface area contributed by atoms with E-state index in [9.17, 15) is 13.2 Å². The van der Waals surface area contributed by atoms with Crippen LogP contribution in [0.4, 0.5) is 18.3 Å². The number of thiazole rings is 1. The maximum absolute atomic E-state index is 12.8. The molecule has 1 aromatic rings. The quantitative estimate of drug-likeness (QED) is 0.897. The Labute approximate surface area is 127 Å². The Morgan fingerprint density at radius 2 is 2.24 bits per heavy atom. The average Bonchev–Trinajstić information content (AvgIpc) is 2.86. The second-order valence-corrected chi connectivity index (χ2v) is 6.81. The van der Waals surface area contributed by atoms with Gasteiger partial charge in [0.2, 0.25) is 0 Å². The summed E-state index contributed by atoms with van der Waals surface area (Å²) < 4.78 is 38.5. The molecule has 0 saturated carbocycles. The number of rotatable bonds is 5. The minimum absolute atomic E-state index is 0.0376. The van der Waals surface area contributed by atoms with Crippen LogP contribution >= 0.6 is 11.3 Å². The number of alkyl halides is 3. The zero-order valence-electron chi connectivity index (χ0n) is 12.4. The van der Waals surface area contributed by atoms with Gasteiger partial charge in [-0.3, -0.25) is 0 Å². The number of nitrogens with zero attached hydrogens (tertiary/aromatic N) is 2. The Balaban J connectivity index is 1.91. The number of aromatic nitrogens is 1. The molecular formula is C14H22F3N3S. The van der Waals surface area contributed by atoms with Crippen LogP contribution in [0.5, 0.6) is 0 Å². The van der Waals surface area contributed by atoms with Crippen LogP contribution in [0.2, 0.25) is 0 Å². The average molecular weight is 321 g/mol. The van der Waals surface area contributed by atoms with Gasteiger partial charge in [0, 0.05) is 25.0 Å². The lowest BCUT2D eigenvalue weighted by Crippen LogP contribution is -2.41. The molecule has 1 N–H and O–H groups in total. The van der Waals surface area contributed by atoms with E-state index in [1.165, 1.54) is 11.3 Å². The van der Waals surface area contributed by atoms with Crippen molar-refractivity contribution in [1.29, 1.82) is 0 Å². The van der Waals surface area contributed by atoms with E-state index >= 15 is 0 Å². The summed E-state index contributed by atoms with van der Waals surface area (Å²) >= 11 is 1.44. The molecule has 1 fully saturated rings. The molecule has 1 aliphatic heterocycles. The molecule has 0 radical (unpaired) electrons. The lowest BCUT2D eigenvalue weighted by molar-refractivity contribution is -0.175. The molecule has 2 rings (SSSR count). The Hall–Kier alpha value is -0.820. The Morgan fingerprint density at radius 3 is 2.90 bits per heavy atom. The van der Waals surface area contributed by atoms with Crippen molar-refractivity contribution in [2.45, 2.75) is 39.4 Å². The third-order valence-electron chi connectivity index (χ3n) is 3.55. The smallest absolute Gasteiger partial charge is 0.347 e. The van der Waals surface area contributed by atoms with Gasteiger partial charge in [-0.2, -0.15) is 13.2 Å². The van der Waals surface area contributed by atoms with E-state index in [1.54, 1.807) is 4.90 Å². The third-order valence-corrected chi connectivity index (χ3v) is 4.50. The van der Waals surface area contributed by atoms with Gasteiger partial charge >= 0.3 is 6.18 Å². The van der Waals surface area contributed by atoms with Gasteiger partial charge < -0.3 is 10.2 Å². The van der Waals surface area contributed by atoms with Gasteiger partial charge in [-0.1, -0.05) is 13.8 Å². The van der Waals surface area contributed by atoms with Crippen molar-refractivity contribution in [2.24, 2.45) is 11.8 Å². The van der Waals surface area contributed by atoms with Crippen molar-refractivity contribution in [3.63, 3.8) is 0 Å². The van der Waals surface area contributed by atoms with Crippen molar-refractivity contribution < 1.29 is 13.2 Å². The van der Waals surface area contributed by atoms with Crippen molar-refractivity contribution in [3.05, 3.63) is 11.1 Å². The summed E-state index contributed by atoms with van der Waals surface area (Å²) in [7, 11) is 0. The first-order chi connectivity index (χ1) is 9.86. The van der Waals surface area contributed by atoms with E-state index in [0.717, 1.165) is 12.2 Å². The predicted octanol–water partition coefficient (Wildman–Crippen LogP) is 3.67. The molecular weight excluding hydrogens is 299 g/mol. The molecule has 21 heavy (non-hydrogen) atoms. The van der Waals surface area contributed by atoms with Crippen molar-refractivity contribution in [2.75, 3.05) is 24.5 Å². The van der Waals surface area contributed by atoms with Crippen molar-refractivity contribution in [3.8, 4) is 0 Å². The number of nitrogens with one attached hydrogen (secondary N) is 1. The maximum Gasteiger partial charge on any atom is 0.393 e. The van der Waals surface area contributed by atoms with E-state index in [1.807, 2.05) is 5.38 Å². The molecule has 3 nitrogen and oxygen atoms in total. The first kappa shape index (κ1) is 16.5. The van der Waals surface area contributed by atoms with Crippen LogP contribution in [-0.2, 0) is 6.54 Å². The zero-order valence-corrected chi connectivity index (χ0v) is 13.2. The molecule has 120 valence electrons. The number of piperidine rings is 1. The Kier molecular flexibility index (Phi) is 5.48. The monoisotopic (exact) mass is 321 g/mol. The van der Waals surface area contributed by atoms with Crippen LogP contribution < -0.4 is 10.2 Å². The first-order valence-corrected chi connectivity index (χ1v) is 8.21. The van der Waals surface area contributed by atoms with Gasteiger partial charge in [-0.25, -0.2) is 4.98 Å². The lowest BCUT2D eigenvalue weighted by Gasteiger charge is -2.33. The maximum atomic E-state index is 12.8. The molecule has 0 aromatic carbocycles. The van der Waals surface area contributed by atoms with Crippen molar-refractivity contribution in [1.82, 2.24) is 10.3 Å². The van der Waals surface area contributed by atoms with Gasteiger partial charge in [0.05, 0.1) is 11.6 Å². The summed E-state index contributed by atoms with van der Waals surface area (Å²) in [6.07, 6.45) is -3.30. The molecule has 0 aliphatic carbocycles. The Morgan fingerprint density at radius 1 is 1.48 bits per heavy atom. The highest BCUT2D eigenvalue weighted by atomic mass is 32.1. The minimum atomic E-state index is -4.10. The van der Waals surface area contributed by atoms with Gasteiger partial charge in [-0.15, -0.1) is 11.3 Å². The third kappa shape index (κ3) is 4.85. The first-order valence-electron chi connectivity index (χ1n) is 7.33. The van der Waals surface area contributed by atoms with E-state index in [-0.39, 0.29) is 13.0 Å². The predicted molar refractivity (Wildman–Crippen MR) is 79.7 cm³/mol.